The SMILES string of the molecule is [2H]c1c([2H])c([2H])c2c(-c3cccc(-c4nc(-c5ccc(-c6cccc7ccccc67)cc5)nc(-c5ccc6cc(-c7ccccc7)ccc6c5)n4)c3)c([2H])c([2H])c([2H])c2c1[2H]. The van der Waals surface area contributed by atoms with E-state index in [2.05, 4.69) is 84.9 Å². The van der Waals surface area contributed by atoms with Gasteiger partial charge in [-0.05, 0) is 83.9 Å². The van der Waals surface area contributed by atoms with Crippen LogP contribution in [0, 0.1) is 0 Å². The van der Waals surface area contributed by atoms with Crippen LogP contribution in [0.2, 0.25) is 0 Å². The predicted octanol–water partition coefficient (Wildman–Crippen LogP) is 13.3. The highest BCUT2D eigenvalue weighted by Crippen LogP contribution is 2.34. The molecule has 1 aromatic heterocycles. The summed E-state index contributed by atoms with van der Waals surface area (Å²) in [6.07, 6.45) is 0. The van der Waals surface area contributed by atoms with Gasteiger partial charge in [0.15, 0.2) is 17.5 Å². The van der Waals surface area contributed by atoms with Crippen molar-refractivity contribution in [2.75, 3.05) is 0 Å². The van der Waals surface area contributed by atoms with E-state index < -0.39 is 30.2 Å². The highest BCUT2D eigenvalue weighted by atomic mass is 15.0. The molecule has 252 valence electrons. The first kappa shape index (κ1) is 24.9. The molecule has 9 aromatic carbocycles. The minimum absolute atomic E-state index is 0.0176. The van der Waals surface area contributed by atoms with Crippen molar-refractivity contribution < 1.29 is 9.60 Å². The summed E-state index contributed by atoms with van der Waals surface area (Å²) in [5, 5.41) is 4.32. The normalized spacial score (nSPS) is 13.1. The first-order valence-corrected chi connectivity index (χ1v) is 17.7. The fourth-order valence-electron chi connectivity index (χ4n) is 7.08. The second-order valence-corrected chi connectivity index (χ2v) is 13.1. The molecule has 0 saturated heterocycles. The van der Waals surface area contributed by atoms with Crippen molar-refractivity contribution in [3.8, 4) is 67.5 Å². The Labute approximate surface area is 323 Å². The van der Waals surface area contributed by atoms with Crippen LogP contribution in [0.25, 0.3) is 99.9 Å². The van der Waals surface area contributed by atoms with Crippen LogP contribution in [0.1, 0.15) is 9.60 Å². The van der Waals surface area contributed by atoms with E-state index >= 15 is 0 Å². The van der Waals surface area contributed by atoms with Crippen molar-refractivity contribution in [3.63, 3.8) is 0 Å². The number of rotatable bonds is 6. The number of benzene rings is 9. The Morgan fingerprint density at radius 1 is 0.296 bits per heavy atom. The highest BCUT2D eigenvalue weighted by Gasteiger charge is 2.15. The van der Waals surface area contributed by atoms with Gasteiger partial charge in [0.2, 0.25) is 0 Å². The predicted molar refractivity (Wildman–Crippen MR) is 225 cm³/mol. The van der Waals surface area contributed by atoms with Gasteiger partial charge >= 0.3 is 0 Å². The summed E-state index contributed by atoms with van der Waals surface area (Å²) < 4.78 is 60.3. The topological polar surface area (TPSA) is 38.7 Å². The van der Waals surface area contributed by atoms with Crippen molar-refractivity contribution in [1.29, 1.82) is 0 Å². The number of fused-ring (bicyclic) bond motifs is 3. The minimum atomic E-state index is -0.497. The van der Waals surface area contributed by atoms with E-state index in [0.717, 1.165) is 54.9 Å². The van der Waals surface area contributed by atoms with Crippen LogP contribution in [0.4, 0.5) is 0 Å². The molecule has 0 atom stereocenters. The fourth-order valence-corrected chi connectivity index (χ4v) is 7.08. The molecule has 1 heterocycles. The lowest BCUT2D eigenvalue weighted by Crippen LogP contribution is -2.00. The van der Waals surface area contributed by atoms with Crippen molar-refractivity contribution in [3.05, 3.63) is 200 Å². The standard InChI is InChI=1S/C51H33N3/c1-2-11-34(12-3-1)39-27-28-41-32-44(30-29-40(41)31-39)51-53-49(38-25-23-37(24-26-38)47-21-9-15-35-13-4-6-19-45(35)47)52-50(54-51)43-18-8-17-42(33-43)48-22-10-16-36-14-5-7-20-46(36)48/h1-33H/i5D,7D,10D,14D,16D,20D,22D. The fraction of sp³-hybridized carbons (Fsp3) is 0. The average Bonchev–Trinajstić information content (AvgIpc) is 3.31. The summed E-state index contributed by atoms with van der Waals surface area (Å²) in [6.45, 7) is 0. The molecule has 0 aliphatic heterocycles. The van der Waals surface area contributed by atoms with Crippen LogP contribution >= 0.6 is 0 Å². The number of hydrogen-bond donors (Lipinski definition) is 0. The largest absolute Gasteiger partial charge is 0.208 e. The van der Waals surface area contributed by atoms with Crippen molar-refractivity contribution in [2.24, 2.45) is 0 Å². The lowest BCUT2D eigenvalue weighted by molar-refractivity contribution is 1.07. The van der Waals surface area contributed by atoms with Gasteiger partial charge in [0.25, 0.3) is 0 Å². The van der Waals surface area contributed by atoms with Crippen LogP contribution in [-0.4, -0.2) is 15.0 Å². The van der Waals surface area contributed by atoms with E-state index in [9.17, 15) is 0 Å². The molecule has 0 bridgehead atoms. The quantitative estimate of drug-likeness (QED) is 0.174. The minimum Gasteiger partial charge on any atom is -0.208 e. The highest BCUT2D eigenvalue weighted by molar-refractivity contribution is 5.98. The summed E-state index contributed by atoms with van der Waals surface area (Å²) >= 11 is 0. The zero-order valence-electron chi connectivity index (χ0n) is 35.9. The molecule has 0 N–H and O–H groups in total. The summed E-state index contributed by atoms with van der Waals surface area (Å²) in [5.41, 5.74) is 7.11. The van der Waals surface area contributed by atoms with Gasteiger partial charge in [0, 0.05) is 16.7 Å². The van der Waals surface area contributed by atoms with Crippen LogP contribution in [0.3, 0.4) is 0 Å². The molecule has 0 radical (unpaired) electrons. The Morgan fingerprint density at radius 3 is 1.70 bits per heavy atom. The van der Waals surface area contributed by atoms with Gasteiger partial charge in [-0.1, -0.05) is 182 Å². The Morgan fingerprint density at radius 2 is 0.870 bits per heavy atom. The number of hydrogen-bond acceptors (Lipinski definition) is 3. The van der Waals surface area contributed by atoms with Gasteiger partial charge in [-0.25, -0.2) is 15.0 Å². The van der Waals surface area contributed by atoms with Crippen LogP contribution in [-0.2, 0) is 0 Å². The van der Waals surface area contributed by atoms with Crippen molar-refractivity contribution in [1.82, 2.24) is 15.0 Å². The first-order valence-electron chi connectivity index (χ1n) is 21.2. The molecule has 0 saturated carbocycles. The molecule has 10 rings (SSSR count). The van der Waals surface area contributed by atoms with Gasteiger partial charge < -0.3 is 0 Å². The molecular formula is C51H33N3. The Hall–Kier alpha value is -7.23. The molecule has 0 aliphatic carbocycles. The third kappa shape index (κ3) is 5.88. The summed E-state index contributed by atoms with van der Waals surface area (Å²) in [5.74, 6) is 1.24. The van der Waals surface area contributed by atoms with E-state index in [-0.39, 0.29) is 28.4 Å². The van der Waals surface area contributed by atoms with Crippen LogP contribution in [0.15, 0.2) is 200 Å². The van der Waals surface area contributed by atoms with Gasteiger partial charge in [0.05, 0.1) is 9.60 Å². The molecule has 0 fully saturated rings. The molecule has 0 aliphatic rings. The first-order chi connectivity index (χ1) is 29.6. The third-order valence-corrected chi connectivity index (χ3v) is 9.81. The molecule has 0 amide bonds. The third-order valence-electron chi connectivity index (χ3n) is 9.81. The monoisotopic (exact) mass is 694 g/mol. The number of nitrogens with zero attached hydrogens (tertiary/aromatic N) is 3. The Kier molecular flexibility index (Phi) is 6.17. The van der Waals surface area contributed by atoms with Gasteiger partial charge in [-0.15, -0.1) is 0 Å². The van der Waals surface area contributed by atoms with Crippen LogP contribution < -0.4 is 0 Å². The maximum Gasteiger partial charge on any atom is 0.164 e. The van der Waals surface area contributed by atoms with Gasteiger partial charge in [-0.3, -0.25) is 0 Å². The number of aromatic nitrogens is 3. The zero-order valence-corrected chi connectivity index (χ0v) is 28.9. The van der Waals surface area contributed by atoms with E-state index in [4.69, 9.17) is 24.5 Å². The lowest BCUT2D eigenvalue weighted by atomic mass is 9.97. The summed E-state index contributed by atoms with van der Waals surface area (Å²) in [4.78, 5) is 15.1. The van der Waals surface area contributed by atoms with E-state index in [1.165, 1.54) is 0 Å². The average molecular weight is 695 g/mol. The van der Waals surface area contributed by atoms with E-state index in [0.29, 0.717) is 28.6 Å². The smallest absolute Gasteiger partial charge is 0.164 e. The molecule has 3 heteroatoms. The van der Waals surface area contributed by atoms with Crippen molar-refractivity contribution >= 4 is 32.3 Å². The second-order valence-electron chi connectivity index (χ2n) is 13.1. The van der Waals surface area contributed by atoms with Crippen molar-refractivity contribution in [2.45, 2.75) is 0 Å². The molecule has 54 heavy (non-hydrogen) atoms. The molecule has 10 aromatic rings. The summed E-state index contributed by atoms with van der Waals surface area (Å²) in [6, 6.07) is 49.6. The summed E-state index contributed by atoms with van der Waals surface area (Å²) in [7, 11) is 0. The molecular weight excluding hydrogens is 655 g/mol. The Balaban J connectivity index is 1.13. The van der Waals surface area contributed by atoms with Crippen LogP contribution in [0.5, 0.6) is 0 Å². The van der Waals surface area contributed by atoms with Gasteiger partial charge in [0.1, 0.15) is 0 Å². The molecule has 0 spiro atoms. The molecule has 3 nitrogen and oxygen atoms in total. The molecule has 0 unspecified atom stereocenters. The van der Waals surface area contributed by atoms with E-state index in [1.54, 1.807) is 18.2 Å². The maximum atomic E-state index is 8.97. The van der Waals surface area contributed by atoms with Gasteiger partial charge in [-0.2, -0.15) is 0 Å². The Bertz CT molecular complexity index is 3380. The second kappa shape index (κ2) is 13.4. The zero-order chi connectivity index (χ0) is 41.9. The lowest BCUT2D eigenvalue weighted by Gasteiger charge is -2.12. The van der Waals surface area contributed by atoms with E-state index in [1.807, 2.05) is 54.6 Å². The maximum absolute atomic E-state index is 8.97.